The summed E-state index contributed by atoms with van der Waals surface area (Å²) in [6, 6.07) is 3.28. The van der Waals surface area contributed by atoms with Crippen LogP contribution in [-0.4, -0.2) is 29.6 Å². The second kappa shape index (κ2) is 4.94. The van der Waals surface area contributed by atoms with Crippen LogP contribution in [0, 0.1) is 17.6 Å². The highest BCUT2D eigenvalue weighted by atomic mass is 19.1. The van der Waals surface area contributed by atoms with Crippen LogP contribution in [0.5, 0.6) is 0 Å². The molecule has 4 heteroatoms. The molecule has 100 valence electrons. The number of hydrogen-bond donors (Lipinski definition) is 1. The van der Waals surface area contributed by atoms with Crippen molar-refractivity contribution in [1.29, 1.82) is 0 Å². The van der Waals surface area contributed by atoms with Crippen molar-refractivity contribution in [2.75, 3.05) is 19.6 Å². The number of β-amino-alcohol motifs (C(OH)–C–C–N with tert-alkyl or cyclic N) is 1. The van der Waals surface area contributed by atoms with Gasteiger partial charge in [0.15, 0.2) is 0 Å². The van der Waals surface area contributed by atoms with Gasteiger partial charge in [0.25, 0.3) is 0 Å². The van der Waals surface area contributed by atoms with Crippen molar-refractivity contribution in [2.45, 2.75) is 25.9 Å². The van der Waals surface area contributed by atoms with Crippen LogP contribution in [0.4, 0.5) is 8.78 Å². The Bertz CT molecular complexity index is 416. The number of nitrogens with zero attached hydrogens (tertiary/aromatic N) is 1. The third-order valence-corrected chi connectivity index (χ3v) is 3.35. The van der Waals surface area contributed by atoms with Crippen LogP contribution in [0.2, 0.25) is 0 Å². The van der Waals surface area contributed by atoms with Gasteiger partial charge in [0.2, 0.25) is 0 Å². The van der Waals surface area contributed by atoms with Gasteiger partial charge in [0.1, 0.15) is 17.2 Å². The van der Waals surface area contributed by atoms with Gasteiger partial charge in [-0.25, -0.2) is 8.78 Å². The molecule has 0 spiro atoms. The maximum Gasteiger partial charge on any atom is 0.126 e. The molecule has 0 amide bonds. The summed E-state index contributed by atoms with van der Waals surface area (Å²) in [5.74, 6) is -0.766. The predicted octanol–water partition coefficient (Wildman–Crippen LogP) is 2.51. The van der Waals surface area contributed by atoms with E-state index in [9.17, 15) is 13.9 Å². The normalized spacial score (nSPS) is 25.0. The van der Waals surface area contributed by atoms with Crippen molar-refractivity contribution in [3.05, 3.63) is 35.4 Å². The fourth-order valence-corrected chi connectivity index (χ4v) is 2.60. The van der Waals surface area contributed by atoms with E-state index in [-0.39, 0.29) is 0 Å². The summed E-state index contributed by atoms with van der Waals surface area (Å²) in [6.07, 6.45) is 0.516. The number of rotatable bonds is 3. The Kier molecular flexibility index (Phi) is 3.69. The van der Waals surface area contributed by atoms with E-state index in [0.29, 0.717) is 24.4 Å². The molecule has 1 aliphatic heterocycles. The molecule has 1 aromatic carbocycles. The third-order valence-electron chi connectivity index (χ3n) is 3.35. The standard InChI is InChI=1S/C14H19F2NO/c1-10(2)8-17-4-3-14(18,9-17)11-5-12(15)7-13(16)6-11/h5-7,10,18H,3-4,8-9H2,1-2H3. The molecule has 0 aromatic heterocycles. The molecule has 0 saturated carbocycles. The lowest BCUT2D eigenvalue weighted by Crippen LogP contribution is -2.32. The second-order valence-corrected chi connectivity index (χ2v) is 5.57. The van der Waals surface area contributed by atoms with E-state index in [2.05, 4.69) is 18.7 Å². The van der Waals surface area contributed by atoms with Crippen LogP contribution in [0.15, 0.2) is 18.2 Å². The first-order chi connectivity index (χ1) is 8.39. The molecule has 0 radical (unpaired) electrons. The average Bonchev–Trinajstić information content (AvgIpc) is 2.59. The van der Waals surface area contributed by atoms with Gasteiger partial charge in [-0.05, 0) is 30.0 Å². The molecule has 2 rings (SSSR count). The minimum absolute atomic E-state index is 0.339. The lowest BCUT2D eigenvalue weighted by atomic mass is 9.93. The van der Waals surface area contributed by atoms with Gasteiger partial charge in [-0.15, -0.1) is 0 Å². The molecule has 1 aromatic rings. The molecule has 1 aliphatic rings. The van der Waals surface area contributed by atoms with Crippen LogP contribution in [0.25, 0.3) is 0 Å². The predicted molar refractivity (Wildman–Crippen MR) is 66.1 cm³/mol. The Hall–Kier alpha value is -1.00. The van der Waals surface area contributed by atoms with E-state index in [0.717, 1.165) is 19.2 Å². The minimum Gasteiger partial charge on any atom is -0.384 e. The van der Waals surface area contributed by atoms with Crippen LogP contribution in [0.3, 0.4) is 0 Å². The maximum absolute atomic E-state index is 13.2. The Morgan fingerprint density at radius 3 is 2.44 bits per heavy atom. The van der Waals surface area contributed by atoms with Gasteiger partial charge >= 0.3 is 0 Å². The Labute approximate surface area is 106 Å². The molecule has 1 fully saturated rings. The van der Waals surface area contributed by atoms with E-state index in [1.54, 1.807) is 0 Å². The smallest absolute Gasteiger partial charge is 0.126 e. The monoisotopic (exact) mass is 255 g/mol. The van der Waals surface area contributed by atoms with Crippen molar-refractivity contribution in [3.63, 3.8) is 0 Å². The molecule has 1 N–H and O–H groups in total. The maximum atomic E-state index is 13.2. The van der Waals surface area contributed by atoms with E-state index < -0.39 is 17.2 Å². The van der Waals surface area contributed by atoms with E-state index in [1.807, 2.05) is 0 Å². The summed E-state index contributed by atoms with van der Waals surface area (Å²) in [4.78, 5) is 2.13. The molecule has 1 unspecified atom stereocenters. The van der Waals surface area contributed by atoms with Crippen molar-refractivity contribution >= 4 is 0 Å². The number of hydrogen-bond acceptors (Lipinski definition) is 2. The molecule has 1 heterocycles. The summed E-state index contributed by atoms with van der Waals surface area (Å²) in [5.41, 5.74) is -0.788. The summed E-state index contributed by atoms with van der Waals surface area (Å²) < 4.78 is 26.4. The highest BCUT2D eigenvalue weighted by Gasteiger charge is 2.38. The topological polar surface area (TPSA) is 23.5 Å². The van der Waals surface area contributed by atoms with Gasteiger partial charge in [0, 0.05) is 25.7 Å². The Morgan fingerprint density at radius 1 is 1.28 bits per heavy atom. The van der Waals surface area contributed by atoms with Gasteiger partial charge in [-0.3, -0.25) is 4.90 Å². The molecule has 1 saturated heterocycles. The van der Waals surface area contributed by atoms with E-state index in [4.69, 9.17) is 0 Å². The van der Waals surface area contributed by atoms with Crippen LogP contribution in [-0.2, 0) is 5.60 Å². The molecule has 1 atom stereocenters. The number of likely N-dealkylation sites (tertiary alicyclic amines) is 1. The summed E-state index contributed by atoms with van der Waals surface area (Å²) in [5, 5.41) is 10.5. The van der Waals surface area contributed by atoms with Crippen molar-refractivity contribution < 1.29 is 13.9 Å². The largest absolute Gasteiger partial charge is 0.384 e. The third kappa shape index (κ3) is 2.87. The molecular formula is C14H19F2NO. The first-order valence-corrected chi connectivity index (χ1v) is 6.30. The summed E-state index contributed by atoms with van der Waals surface area (Å²) >= 11 is 0. The molecular weight excluding hydrogens is 236 g/mol. The molecule has 18 heavy (non-hydrogen) atoms. The second-order valence-electron chi connectivity index (χ2n) is 5.57. The number of benzene rings is 1. The van der Waals surface area contributed by atoms with Crippen LogP contribution in [0.1, 0.15) is 25.8 Å². The van der Waals surface area contributed by atoms with Crippen molar-refractivity contribution in [2.24, 2.45) is 5.92 Å². The zero-order valence-corrected chi connectivity index (χ0v) is 10.8. The highest BCUT2D eigenvalue weighted by molar-refractivity contribution is 5.26. The van der Waals surface area contributed by atoms with Crippen LogP contribution < -0.4 is 0 Å². The average molecular weight is 255 g/mol. The lowest BCUT2D eigenvalue weighted by Gasteiger charge is -2.25. The fourth-order valence-electron chi connectivity index (χ4n) is 2.60. The van der Waals surface area contributed by atoms with Crippen LogP contribution >= 0.6 is 0 Å². The van der Waals surface area contributed by atoms with Crippen molar-refractivity contribution in [1.82, 2.24) is 4.90 Å². The zero-order valence-electron chi connectivity index (χ0n) is 10.8. The van der Waals surface area contributed by atoms with E-state index in [1.165, 1.54) is 12.1 Å². The first kappa shape index (κ1) is 13.4. The first-order valence-electron chi connectivity index (χ1n) is 6.30. The molecule has 0 aliphatic carbocycles. The van der Waals surface area contributed by atoms with Crippen molar-refractivity contribution in [3.8, 4) is 0 Å². The van der Waals surface area contributed by atoms with E-state index >= 15 is 0 Å². The van der Waals surface area contributed by atoms with Gasteiger partial charge in [-0.1, -0.05) is 13.8 Å². The zero-order chi connectivity index (χ0) is 13.3. The van der Waals surface area contributed by atoms with Gasteiger partial charge < -0.3 is 5.11 Å². The lowest BCUT2D eigenvalue weighted by molar-refractivity contribution is 0.0443. The van der Waals surface area contributed by atoms with Gasteiger partial charge in [0.05, 0.1) is 0 Å². The fraction of sp³-hybridized carbons (Fsp3) is 0.571. The molecule has 2 nitrogen and oxygen atoms in total. The number of halogens is 2. The van der Waals surface area contributed by atoms with Gasteiger partial charge in [-0.2, -0.15) is 0 Å². The summed E-state index contributed by atoms with van der Waals surface area (Å²) in [7, 11) is 0. The Balaban J connectivity index is 2.17. The SMILES string of the molecule is CC(C)CN1CCC(O)(c2cc(F)cc(F)c2)C1. The number of aliphatic hydroxyl groups is 1. The summed E-state index contributed by atoms with van der Waals surface area (Å²) in [6.45, 7) is 6.31. The molecule has 0 bridgehead atoms. The minimum atomic E-state index is -1.13. The highest BCUT2D eigenvalue weighted by Crippen LogP contribution is 2.33. The quantitative estimate of drug-likeness (QED) is 0.897. The Morgan fingerprint density at radius 2 is 1.89 bits per heavy atom.